The SMILES string of the molecule is CC(O)(C#Cc1ccc(Oc2ccc(S(=O)(=O)c3ccc(Oc4cccc(C#CC(C)(O)c5ccccc5)c4)cc3)cc2)cc1)c1ccccc1. The Labute approximate surface area is 298 Å². The van der Waals surface area contributed by atoms with Crippen LogP contribution in [0.4, 0.5) is 0 Å². The summed E-state index contributed by atoms with van der Waals surface area (Å²) in [7, 11) is -3.80. The predicted octanol–water partition coefficient (Wildman–Crippen LogP) is 8.62. The van der Waals surface area contributed by atoms with Gasteiger partial charge in [-0.05, 0) is 116 Å². The maximum atomic E-state index is 13.4. The van der Waals surface area contributed by atoms with E-state index in [1.54, 1.807) is 80.6 Å². The monoisotopic (exact) mass is 690 g/mol. The summed E-state index contributed by atoms with van der Waals surface area (Å²) in [5.74, 6) is 13.8. The summed E-state index contributed by atoms with van der Waals surface area (Å²) in [5.41, 5.74) is 0.181. The molecule has 0 bridgehead atoms. The molecule has 0 saturated carbocycles. The Hall–Kier alpha value is -6.09. The highest BCUT2D eigenvalue weighted by molar-refractivity contribution is 7.91. The smallest absolute Gasteiger partial charge is 0.206 e. The van der Waals surface area contributed by atoms with Crippen molar-refractivity contribution >= 4 is 9.84 Å². The van der Waals surface area contributed by atoms with Gasteiger partial charge in [0, 0.05) is 11.1 Å². The fourth-order valence-corrected chi connectivity index (χ4v) is 6.34. The average molecular weight is 691 g/mol. The van der Waals surface area contributed by atoms with Gasteiger partial charge in [-0.3, -0.25) is 0 Å². The molecule has 2 N–H and O–H groups in total. The lowest BCUT2D eigenvalue weighted by molar-refractivity contribution is 0.121. The summed E-state index contributed by atoms with van der Waals surface area (Å²) in [6.07, 6.45) is 0. The number of aliphatic hydroxyl groups is 2. The molecule has 0 saturated heterocycles. The number of hydrogen-bond donors (Lipinski definition) is 2. The number of benzene rings is 6. The van der Waals surface area contributed by atoms with Crippen LogP contribution in [0.1, 0.15) is 36.1 Å². The van der Waals surface area contributed by atoms with E-state index in [4.69, 9.17) is 9.47 Å². The highest BCUT2D eigenvalue weighted by Gasteiger charge is 2.21. The molecule has 2 atom stereocenters. The average Bonchev–Trinajstić information content (AvgIpc) is 3.15. The van der Waals surface area contributed by atoms with E-state index in [1.807, 2.05) is 66.7 Å². The molecule has 2 unspecified atom stereocenters. The third kappa shape index (κ3) is 8.75. The van der Waals surface area contributed by atoms with Gasteiger partial charge in [-0.25, -0.2) is 8.42 Å². The topological polar surface area (TPSA) is 93.1 Å². The van der Waals surface area contributed by atoms with Crippen LogP contribution in [0.5, 0.6) is 23.0 Å². The Balaban J connectivity index is 1.07. The first-order valence-electron chi connectivity index (χ1n) is 16.1. The first kappa shape index (κ1) is 34.8. The van der Waals surface area contributed by atoms with E-state index in [0.717, 1.165) is 0 Å². The molecule has 0 aromatic heterocycles. The van der Waals surface area contributed by atoms with Crippen LogP contribution in [0.2, 0.25) is 0 Å². The van der Waals surface area contributed by atoms with Crippen molar-refractivity contribution in [1.29, 1.82) is 0 Å². The van der Waals surface area contributed by atoms with Gasteiger partial charge in [0.05, 0.1) is 9.79 Å². The molecular formula is C44H34O6S. The second kappa shape index (κ2) is 14.8. The predicted molar refractivity (Wildman–Crippen MR) is 197 cm³/mol. The summed E-state index contributed by atoms with van der Waals surface area (Å²) >= 11 is 0. The molecular weight excluding hydrogens is 657 g/mol. The van der Waals surface area contributed by atoms with Crippen LogP contribution in [-0.4, -0.2) is 18.6 Å². The van der Waals surface area contributed by atoms with Gasteiger partial charge in [-0.1, -0.05) is 90.4 Å². The summed E-state index contributed by atoms with van der Waals surface area (Å²) < 4.78 is 38.7. The fraction of sp³-hybridized carbons (Fsp3) is 0.0909. The van der Waals surface area contributed by atoms with Crippen LogP contribution in [0.15, 0.2) is 168 Å². The molecule has 0 fully saturated rings. The lowest BCUT2D eigenvalue weighted by atomic mass is 9.96. The van der Waals surface area contributed by atoms with Gasteiger partial charge in [0.15, 0.2) is 0 Å². The van der Waals surface area contributed by atoms with Crippen molar-refractivity contribution in [2.45, 2.75) is 34.8 Å². The number of rotatable bonds is 8. The second-order valence-corrected chi connectivity index (χ2v) is 14.0. The Bertz CT molecular complexity index is 2340. The first-order valence-corrected chi connectivity index (χ1v) is 17.6. The highest BCUT2D eigenvalue weighted by atomic mass is 32.2. The zero-order valence-electron chi connectivity index (χ0n) is 27.9. The van der Waals surface area contributed by atoms with E-state index < -0.39 is 21.0 Å². The highest BCUT2D eigenvalue weighted by Crippen LogP contribution is 2.29. The molecule has 6 rings (SSSR count). The minimum Gasteiger partial charge on any atom is -0.457 e. The van der Waals surface area contributed by atoms with E-state index in [9.17, 15) is 18.6 Å². The molecule has 6 aromatic carbocycles. The molecule has 6 nitrogen and oxygen atoms in total. The van der Waals surface area contributed by atoms with E-state index >= 15 is 0 Å². The standard InChI is InChI=1S/C44H34O6S/c1-43(45,35-11-5-3-6-12-35)30-28-33-16-18-37(19-17-33)49-38-20-24-41(25-21-38)51(47,48)42-26-22-39(23-27-42)50-40-15-9-10-34(32-40)29-31-44(2,46)36-13-7-4-8-14-36/h3-27,32,45-46H,1-2H3. The zero-order chi connectivity index (χ0) is 35.9. The summed E-state index contributed by atoms with van der Waals surface area (Å²) in [6.45, 7) is 3.30. The molecule has 0 aliphatic heterocycles. The largest absolute Gasteiger partial charge is 0.457 e. The molecule has 51 heavy (non-hydrogen) atoms. The van der Waals surface area contributed by atoms with E-state index in [1.165, 1.54) is 24.3 Å². The van der Waals surface area contributed by atoms with Gasteiger partial charge in [-0.2, -0.15) is 0 Å². The van der Waals surface area contributed by atoms with E-state index in [0.29, 0.717) is 45.3 Å². The van der Waals surface area contributed by atoms with Gasteiger partial charge in [0.1, 0.15) is 34.2 Å². The molecule has 0 aliphatic rings. The Morgan fingerprint density at radius 3 is 1.35 bits per heavy atom. The minimum absolute atomic E-state index is 0.120. The Morgan fingerprint density at radius 1 is 0.471 bits per heavy atom. The minimum atomic E-state index is -3.80. The van der Waals surface area contributed by atoms with Crippen molar-refractivity contribution in [2.24, 2.45) is 0 Å². The van der Waals surface area contributed by atoms with Crippen molar-refractivity contribution in [1.82, 2.24) is 0 Å². The van der Waals surface area contributed by atoms with Gasteiger partial charge in [-0.15, -0.1) is 0 Å². The second-order valence-electron chi connectivity index (χ2n) is 12.1. The zero-order valence-corrected chi connectivity index (χ0v) is 28.8. The third-order valence-corrected chi connectivity index (χ3v) is 9.79. The van der Waals surface area contributed by atoms with Crippen molar-refractivity contribution in [3.05, 3.63) is 180 Å². The Morgan fingerprint density at radius 2 is 0.882 bits per heavy atom. The normalized spacial score (nSPS) is 13.3. The molecule has 7 heteroatoms. The maximum Gasteiger partial charge on any atom is 0.206 e. The lowest BCUT2D eigenvalue weighted by Crippen LogP contribution is -2.18. The summed E-state index contributed by atoms with van der Waals surface area (Å²) in [6, 6.07) is 45.1. The maximum absolute atomic E-state index is 13.4. The number of sulfone groups is 1. The van der Waals surface area contributed by atoms with Crippen LogP contribution >= 0.6 is 0 Å². The first-order chi connectivity index (χ1) is 24.5. The molecule has 0 spiro atoms. The van der Waals surface area contributed by atoms with Gasteiger partial charge in [0.25, 0.3) is 0 Å². The van der Waals surface area contributed by atoms with Crippen molar-refractivity contribution < 1.29 is 28.1 Å². The summed E-state index contributed by atoms with van der Waals surface area (Å²) in [4.78, 5) is 0.242. The molecule has 0 amide bonds. The van der Waals surface area contributed by atoms with Gasteiger partial charge in [0.2, 0.25) is 9.84 Å². The molecule has 0 aliphatic carbocycles. The fourth-order valence-electron chi connectivity index (χ4n) is 5.08. The van der Waals surface area contributed by atoms with E-state index in [2.05, 4.69) is 23.7 Å². The number of hydrogen-bond acceptors (Lipinski definition) is 6. The number of ether oxygens (including phenoxy) is 2. The van der Waals surface area contributed by atoms with E-state index in [-0.39, 0.29) is 9.79 Å². The van der Waals surface area contributed by atoms with Crippen LogP contribution in [0.25, 0.3) is 0 Å². The molecule has 6 aromatic rings. The molecule has 0 heterocycles. The van der Waals surface area contributed by atoms with Crippen molar-refractivity contribution in [3.8, 4) is 46.7 Å². The van der Waals surface area contributed by atoms with Gasteiger partial charge >= 0.3 is 0 Å². The third-order valence-electron chi connectivity index (χ3n) is 8.00. The lowest BCUT2D eigenvalue weighted by Gasteiger charge is -2.16. The Kier molecular flexibility index (Phi) is 10.1. The quantitative estimate of drug-likeness (QED) is 0.155. The van der Waals surface area contributed by atoms with Crippen molar-refractivity contribution in [2.75, 3.05) is 0 Å². The summed E-state index contributed by atoms with van der Waals surface area (Å²) in [5, 5.41) is 21.5. The van der Waals surface area contributed by atoms with Crippen LogP contribution < -0.4 is 9.47 Å². The molecule has 0 radical (unpaired) electrons. The van der Waals surface area contributed by atoms with Crippen LogP contribution in [0.3, 0.4) is 0 Å². The van der Waals surface area contributed by atoms with Crippen LogP contribution in [0, 0.1) is 23.7 Å². The van der Waals surface area contributed by atoms with Crippen LogP contribution in [-0.2, 0) is 21.0 Å². The molecule has 252 valence electrons. The van der Waals surface area contributed by atoms with Gasteiger partial charge < -0.3 is 19.7 Å². The van der Waals surface area contributed by atoms with Crippen molar-refractivity contribution in [3.63, 3.8) is 0 Å².